The van der Waals surface area contributed by atoms with Gasteiger partial charge < -0.3 is 25.2 Å². The third kappa shape index (κ3) is 6.09. The fourth-order valence-corrected chi connectivity index (χ4v) is 8.25. The Kier molecular flexibility index (Phi) is 8.61. The minimum absolute atomic E-state index is 0.0116. The van der Waals surface area contributed by atoms with E-state index in [9.17, 15) is 24.8 Å². The molecule has 2 aromatic heterocycles. The maximum atomic E-state index is 14.3. The lowest BCUT2D eigenvalue weighted by Gasteiger charge is -2.30. The molecule has 2 aliphatic carbocycles. The maximum Gasteiger partial charge on any atom is 0.318 e. The number of aromatic nitrogens is 3. The number of carbonyl (C=O) groups is 1. The van der Waals surface area contributed by atoms with Gasteiger partial charge in [0.25, 0.3) is 0 Å². The van der Waals surface area contributed by atoms with Crippen LogP contribution < -0.4 is 15.3 Å². The van der Waals surface area contributed by atoms with Gasteiger partial charge in [-0.1, -0.05) is 37.5 Å². The minimum atomic E-state index is -3.87. The zero-order chi connectivity index (χ0) is 29.0. The highest BCUT2D eigenvalue weighted by Gasteiger charge is 2.57. The first-order chi connectivity index (χ1) is 19.8. The van der Waals surface area contributed by atoms with Crippen LogP contribution in [-0.4, -0.2) is 62.3 Å². The summed E-state index contributed by atoms with van der Waals surface area (Å²) in [5.41, 5.74) is 5.40. The van der Waals surface area contributed by atoms with Crippen molar-refractivity contribution < 1.29 is 28.8 Å². The second kappa shape index (κ2) is 12.2. The lowest BCUT2D eigenvalue weighted by Crippen LogP contribution is -2.40. The molecule has 1 aromatic carbocycles. The van der Waals surface area contributed by atoms with Crippen LogP contribution >= 0.6 is 7.52 Å². The van der Waals surface area contributed by atoms with Crippen molar-refractivity contribution in [3.8, 4) is 11.8 Å². The van der Waals surface area contributed by atoms with E-state index in [-0.39, 0.29) is 37.3 Å². The SMILES string of the molecule is N#C[C@]1(CP(=O)(NCCOC(=O)C2CCCCC2)Oc2ccccc2)C[C@@H](c2ccc3c(N)ncnn23)[C@H](O)[C@@H]1O. The highest BCUT2D eigenvalue weighted by atomic mass is 31.2. The predicted octanol–water partition coefficient (Wildman–Crippen LogP) is 3.02. The summed E-state index contributed by atoms with van der Waals surface area (Å²) >= 11 is 0. The minimum Gasteiger partial charge on any atom is -0.464 e. The molecule has 13 heteroatoms. The Morgan fingerprint density at radius 2 is 1.95 bits per heavy atom. The van der Waals surface area contributed by atoms with Gasteiger partial charge in [0.05, 0.1) is 35.8 Å². The fraction of sp³-hybridized carbons (Fsp3) is 0.500. The molecule has 218 valence electrons. The Hall–Kier alpha value is -3.49. The molecule has 41 heavy (non-hydrogen) atoms. The van der Waals surface area contributed by atoms with Crippen LogP contribution in [0.2, 0.25) is 0 Å². The second-order valence-electron chi connectivity index (χ2n) is 10.9. The van der Waals surface area contributed by atoms with E-state index in [2.05, 4.69) is 21.2 Å². The van der Waals surface area contributed by atoms with Crippen molar-refractivity contribution in [2.75, 3.05) is 25.0 Å². The van der Waals surface area contributed by atoms with Gasteiger partial charge in [0.15, 0.2) is 5.82 Å². The van der Waals surface area contributed by atoms with Crippen LogP contribution in [0.3, 0.4) is 0 Å². The van der Waals surface area contributed by atoms with Crippen LogP contribution in [0.1, 0.15) is 50.1 Å². The van der Waals surface area contributed by atoms with Gasteiger partial charge in [0.1, 0.15) is 24.2 Å². The molecular weight excluding hydrogens is 547 g/mol. The summed E-state index contributed by atoms with van der Waals surface area (Å²) in [7, 11) is -3.87. The normalized spacial score (nSPS) is 26.3. The van der Waals surface area contributed by atoms with Gasteiger partial charge in [-0.05, 0) is 43.5 Å². The van der Waals surface area contributed by atoms with Crippen molar-refractivity contribution in [1.82, 2.24) is 19.7 Å². The van der Waals surface area contributed by atoms with E-state index in [1.165, 1.54) is 10.8 Å². The molecule has 2 heterocycles. The Balaban J connectivity index is 1.34. The van der Waals surface area contributed by atoms with Gasteiger partial charge in [-0.2, -0.15) is 10.4 Å². The fourth-order valence-electron chi connectivity index (χ4n) is 5.99. The number of aliphatic hydroxyl groups excluding tert-OH is 2. The highest BCUT2D eigenvalue weighted by Crippen LogP contribution is 2.56. The van der Waals surface area contributed by atoms with Gasteiger partial charge in [-0.3, -0.25) is 9.36 Å². The molecule has 2 saturated carbocycles. The van der Waals surface area contributed by atoms with Gasteiger partial charge >= 0.3 is 13.5 Å². The summed E-state index contributed by atoms with van der Waals surface area (Å²) in [6.07, 6.45) is 2.76. The Bertz CT molecular complexity index is 1460. The molecule has 12 nitrogen and oxygen atoms in total. The first-order valence-electron chi connectivity index (χ1n) is 13.9. The molecule has 0 aliphatic heterocycles. The molecule has 0 radical (unpaired) electrons. The summed E-state index contributed by atoms with van der Waals surface area (Å²) in [4.78, 5) is 16.4. The Morgan fingerprint density at radius 1 is 1.20 bits per heavy atom. The molecule has 2 fully saturated rings. The number of rotatable bonds is 10. The van der Waals surface area contributed by atoms with E-state index in [1.54, 1.807) is 42.5 Å². The number of para-hydroxylation sites is 1. The lowest BCUT2D eigenvalue weighted by molar-refractivity contribution is -0.149. The van der Waals surface area contributed by atoms with Crippen LogP contribution in [-0.2, 0) is 14.1 Å². The molecule has 3 aromatic rings. The number of ether oxygens (including phenoxy) is 1. The average Bonchev–Trinajstić information content (AvgIpc) is 3.52. The standard InChI is InChI=1S/C28H35N6O6P/c29-16-28(15-21(24(35)25(28)36)22-11-12-23-26(30)31-18-32-34(22)23)17-41(38,40-20-9-5-2-6-10-20)33-13-14-39-27(37)19-7-3-1-4-8-19/h2,5-6,9-12,18-19,21,24-25,35-36H,1,3-4,7-8,13-15,17H2,(H,33,38)(H2,30,31,32)/t21-,24-,25-,28-,41?/m0/s1. The lowest BCUT2D eigenvalue weighted by atomic mass is 9.87. The third-order valence-electron chi connectivity index (χ3n) is 8.12. The van der Waals surface area contributed by atoms with Gasteiger partial charge in [-0.15, -0.1) is 0 Å². The van der Waals surface area contributed by atoms with E-state index in [4.69, 9.17) is 15.0 Å². The quantitative estimate of drug-likeness (QED) is 0.156. The number of hydrogen-bond acceptors (Lipinski definition) is 10. The predicted molar refractivity (Wildman–Crippen MR) is 150 cm³/mol. The van der Waals surface area contributed by atoms with E-state index >= 15 is 0 Å². The van der Waals surface area contributed by atoms with Crippen LogP contribution in [0.5, 0.6) is 5.75 Å². The van der Waals surface area contributed by atoms with Gasteiger partial charge in [-0.25, -0.2) is 14.6 Å². The summed E-state index contributed by atoms with van der Waals surface area (Å²) in [5.74, 6) is -0.524. The molecule has 5 atom stereocenters. The summed E-state index contributed by atoms with van der Waals surface area (Å²) in [6, 6.07) is 14.1. The second-order valence-corrected chi connectivity index (χ2v) is 13.0. The molecule has 0 amide bonds. The van der Waals surface area contributed by atoms with Crippen molar-refractivity contribution in [1.29, 1.82) is 5.26 Å². The number of aliphatic hydroxyl groups is 2. The summed E-state index contributed by atoms with van der Waals surface area (Å²) in [6.45, 7) is -0.00615. The first kappa shape index (κ1) is 29.0. The van der Waals surface area contributed by atoms with E-state index in [0.29, 0.717) is 17.0 Å². The number of anilines is 1. The van der Waals surface area contributed by atoms with Crippen LogP contribution in [0.25, 0.3) is 5.52 Å². The number of benzene rings is 1. The number of nitrogen functional groups attached to an aromatic ring is 1. The largest absolute Gasteiger partial charge is 0.464 e. The number of nitrogens with one attached hydrogen (secondary N) is 1. The first-order valence-corrected chi connectivity index (χ1v) is 15.7. The molecule has 5 rings (SSSR count). The number of nitrogens with two attached hydrogens (primary N) is 1. The molecule has 5 N–H and O–H groups in total. The molecule has 1 unspecified atom stereocenters. The summed E-state index contributed by atoms with van der Waals surface area (Å²) in [5, 5.41) is 39.8. The van der Waals surface area contributed by atoms with E-state index in [0.717, 1.165) is 32.1 Å². The van der Waals surface area contributed by atoms with E-state index in [1.807, 2.05) is 0 Å². The number of hydrogen-bond donors (Lipinski definition) is 4. The zero-order valence-corrected chi connectivity index (χ0v) is 23.5. The average molecular weight is 583 g/mol. The molecule has 0 bridgehead atoms. The molecule has 0 spiro atoms. The smallest absolute Gasteiger partial charge is 0.318 e. The Labute approximate surface area is 238 Å². The van der Waals surface area contributed by atoms with Crippen LogP contribution in [0.15, 0.2) is 48.8 Å². The molecular formula is C28H35N6O6P. The number of fused-ring (bicyclic) bond motifs is 1. The van der Waals surface area contributed by atoms with Gasteiger partial charge in [0.2, 0.25) is 0 Å². The van der Waals surface area contributed by atoms with Crippen molar-refractivity contribution >= 4 is 24.8 Å². The number of nitrogens with zero attached hydrogens (tertiary/aromatic N) is 4. The van der Waals surface area contributed by atoms with E-state index < -0.39 is 37.2 Å². The number of nitriles is 1. The van der Waals surface area contributed by atoms with Crippen molar-refractivity contribution in [2.24, 2.45) is 11.3 Å². The third-order valence-corrected chi connectivity index (χ3v) is 10.3. The number of esters is 1. The Morgan fingerprint density at radius 3 is 2.68 bits per heavy atom. The zero-order valence-electron chi connectivity index (χ0n) is 22.6. The van der Waals surface area contributed by atoms with Crippen molar-refractivity contribution in [2.45, 2.75) is 56.7 Å². The molecule has 2 aliphatic rings. The van der Waals surface area contributed by atoms with Crippen LogP contribution in [0.4, 0.5) is 5.82 Å². The van der Waals surface area contributed by atoms with Crippen molar-refractivity contribution in [3.63, 3.8) is 0 Å². The monoisotopic (exact) mass is 582 g/mol. The van der Waals surface area contributed by atoms with Crippen molar-refractivity contribution in [3.05, 3.63) is 54.5 Å². The summed E-state index contributed by atoms with van der Waals surface area (Å²) < 4.78 is 27.2. The van der Waals surface area contributed by atoms with Crippen LogP contribution in [0, 0.1) is 22.7 Å². The highest BCUT2D eigenvalue weighted by molar-refractivity contribution is 7.57. The molecule has 0 saturated heterocycles. The van der Waals surface area contributed by atoms with Gasteiger partial charge in [0, 0.05) is 18.2 Å². The topological polar surface area (TPSA) is 185 Å². The maximum absolute atomic E-state index is 14.3. The number of carbonyl (C=O) groups excluding carboxylic acids is 1.